The van der Waals surface area contributed by atoms with Crippen LogP contribution in [0, 0.1) is 10.1 Å². The molecule has 1 amide bonds. The molecule has 2 rings (SSSR count). The van der Waals surface area contributed by atoms with Crippen molar-refractivity contribution in [3.8, 4) is 0 Å². The first-order valence-corrected chi connectivity index (χ1v) is 6.81. The van der Waals surface area contributed by atoms with E-state index in [-0.39, 0.29) is 11.6 Å². The number of likely N-dealkylation sites (tertiary alicyclic amines) is 1. The topological polar surface area (TPSA) is 83.7 Å². The summed E-state index contributed by atoms with van der Waals surface area (Å²) in [7, 11) is 0. The quantitative estimate of drug-likeness (QED) is 0.524. The van der Waals surface area contributed by atoms with Gasteiger partial charge in [-0.25, -0.2) is 0 Å². The van der Waals surface area contributed by atoms with E-state index in [9.17, 15) is 20.0 Å². The summed E-state index contributed by atoms with van der Waals surface area (Å²) in [5, 5.41) is 20.4. The SMILES string of the molecule is CC1(O)CCN(C(=O)/C=C/c2ccc([N+](=O)[O-])cc2)CC1. The molecule has 0 bridgehead atoms. The Hall–Kier alpha value is -2.21. The highest BCUT2D eigenvalue weighted by Crippen LogP contribution is 2.21. The second-order valence-electron chi connectivity index (χ2n) is 5.50. The Morgan fingerprint density at radius 1 is 1.33 bits per heavy atom. The molecule has 0 saturated carbocycles. The van der Waals surface area contributed by atoms with Crippen molar-refractivity contribution in [1.29, 1.82) is 0 Å². The molecule has 1 aromatic carbocycles. The van der Waals surface area contributed by atoms with E-state index in [2.05, 4.69) is 0 Å². The van der Waals surface area contributed by atoms with E-state index in [1.807, 2.05) is 0 Å². The predicted octanol–water partition coefficient (Wildman–Crippen LogP) is 1.98. The van der Waals surface area contributed by atoms with Crippen LogP contribution in [0.5, 0.6) is 0 Å². The lowest BCUT2D eigenvalue weighted by Crippen LogP contribution is -2.44. The van der Waals surface area contributed by atoms with Gasteiger partial charge < -0.3 is 10.0 Å². The van der Waals surface area contributed by atoms with Crippen molar-refractivity contribution < 1.29 is 14.8 Å². The van der Waals surface area contributed by atoms with Crippen molar-refractivity contribution in [3.63, 3.8) is 0 Å². The maximum Gasteiger partial charge on any atom is 0.269 e. The second kappa shape index (κ2) is 6.05. The molecule has 1 saturated heterocycles. The molecule has 0 atom stereocenters. The van der Waals surface area contributed by atoms with Crippen LogP contribution in [0.4, 0.5) is 5.69 Å². The second-order valence-corrected chi connectivity index (χ2v) is 5.50. The van der Waals surface area contributed by atoms with E-state index >= 15 is 0 Å². The number of nitro benzene ring substituents is 1. The number of amides is 1. The zero-order chi connectivity index (χ0) is 15.5. The summed E-state index contributed by atoms with van der Waals surface area (Å²) in [6.45, 7) is 2.86. The van der Waals surface area contributed by atoms with Gasteiger partial charge in [0.15, 0.2) is 0 Å². The number of hydrogen-bond acceptors (Lipinski definition) is 4. The van der Waals surface area contributed by atoms with Crippen LogP contribution in [0.2, 0.25) is 0 Å². The lowest BCUT2D eigenvalue weighted by atomic mass is 9.94. The van der Waals surface area contributed by atoms with Gasteiger partial charge in [-0.05, 0) is 43.5 Å². The van der Waals surface area contributed by atoms with Crippen LogP contribution in [-0.2, 0) is 4.79 Å². The molecule has 1 heterocycles. The molecule has 6 heteroatoms. The Labute approximate surface area is 122 Å². The Kier molecular flexibility index (Phi) is 4.37. The fraction of sp³-hybridized carbons (Fsp3) is 0.400. The molecule has 1 fully saturated rings. The van der Waals surface area contributed by atoms with Crippen LogP contribution in [0.25, 0.3) is 6.08 Å². The van der Waals surface area contributed by atoms with Crippen LogP contribution in [-0.4, -0.2) is 39.5 Å². The third-order valence-electron chi connectivity index (χ3n) is 3.67. The molecule has 0 unspecified atom stereocenters. The number of nitro groups is 1. The molecule has 0 radical (unpaired) electrons. The highest BCUT2D eigenvalue weighted by molar-refractivity contribution is 5.91. The summed E-state index contributed by atoms with van der Waals surface area (Å²) in [6.07, 6.45) is 4.24. The number of hydrogen-bond donors (Lipinski definition) is 1. The Morgan fingerprint density at radius 3 is 2.43 bits per heavy atom. The van der Waals surface area contributed by atoms with E-state index in [0.717, 1.165) is 5.56 Å². The van der Waals surface area contributed by atoms with Crippen LogP contribution >= 0.6 is 0 Å². The van der Waals surface area contributed by atoms with Crippen molar-refractivity contribution >= 4 is 17.7 Å². The third-order valence-corrected chi connectivity index (χ3v) is 3.67. The maximum atomic E-state index is 12.0. The van der Waals surface area contributed by atoms with Crippen molar-refractivity contribution in [1.82, 2.24) is 4.90 Å². The molecule has 0 aromatic heterocycles. The van der Waals surface area contributed by atoms with Gasteiger partial charge in [-0.2, -0.15) is 0 Å². The van der Waals surface area contributed by atoms with Crippen LogP contribution < -0.4 is 0 Å². The fourth-order valence-electron chi connectivity index (χ4n) is 2.19. The summed E-state index contributed by atoms with van der Waals surface area (Å²) < 4.78 is 0. The molecule has 1 aromatic rings. The van der Waals surface area contributed by atoms with Gasteiger partial charge in [0.05, 0.1) is 10.5 Å². The number of benzene rings is 1. The van der Waals surface area contributed by atoms with Gasteiger partial charge in [0.2, 0.25) is 5.91 Å². The lowest BCUT2D eigenvalue weighted by molar-refractivity contribution is -0.384. The summed E-state index contributed by atoms with van der Waals surface area (Å²) in [6, 6.07) is 6.01. The van der Waals surface area contributed by atoms with Gasteiger partial charge in [0.1, 0.15) is 0 Å². The zero-order valence-electron chi connectivity index (χ0n) is 11.9. The molecular formula is C15H18N2O4. The number of nitrogens with zero attached hydrogens (tertiary/aromatic N) is 2. The molecular weight excluding hydrogens is 272 g/mol. The third kappa shape index (κ3) is 4.13. The summed E-state index contributed by atoms with van der Waals surface area (Å²) in [5.74, 6) is -0.108. The van der Waals surface area contributed by atoms with Gasteiger partial charge in [-0.1, -0.05) is 0 Å². The van der Waals surface area contributed by atoms with E-state index in [4.69, 9.17) is 0 Å². The highest BCUT2D eigenvalue weighted by atomic mass is 16.6. The van der Waals surface area contributed by atoms with Gasteiger partial charge >= 0.3 is 0 Å². The highest BCUT2D eigenvalue weighted by Gasteiger charge is 2.28. The number of carbonyl (C=O) groups is 1. The van der Waals surface area contributed by atoms with E-state index in [1.54, 1.807) is 30.0 Å². The lowest BCUT2D eigenvalue weighted by Gasteiger charge is -2.35. The van der Waals surface area contributed by atoms with Crippen LogP contribution in [0.15, 0.2) is 30.3 Å². The van der Waals surface area contributed by atoms with Crippen molar-refractivity contribution in [2.75, 3.05) is 13.1 Å². The van der Waals surface area contributed by atoms with E-state index in [1.165, 1.54) is 18.2 Å². The van der Waals surface area contributed by atoms with Gasteiger partial charge in [-0.3, -0.25) is 14.9 Å². The minimum Gasteiger partial charge on any atom is -0.390 e. The van der Waals surface area contributed by atoms with Crippen LogP contribution in [0.3, 0.4) is 0 Å². The number of non-ortho nitro benzene ring substituents is 1. The molecule has 1 aliphatic rings. The Bertz CT molecular complexity index is 554. The number of piperidine rings is 1. The average molecular weight is 290 g/mol. The number of carbonyl (C=O) groups excluding carboxylic acids is 1. The van der Waals surface area contributed by atoms with Gasteiger partial charge in [0, 0.05) is 31.3 Å². The fourth-order valence-corrected chi connectivity index (χ4v) is 2.19. The minimum absolute atomic E-state index is 0.0248. The summed E-state index contributed by atoms with van der Waals surface area (Å²) in [4.78, 5) is 23.8. The Morgan fingerprint density at radius 2 is 1.90 bits per heavy atom. The minimum atomic E-state index is -0.682. The van der Waals surface area contributed by atoms with Crippen molar-refractivity contribution in [2.24, 2.45) is 0 Å². The number of aliphatic hydroxyl groups is 1. The predicted molar refractivity (Wildman–Crippen MR) is 78.6 cm³/mol. The molecule has 112 valence electrons. The van der Waals surface area contributed by atoms with Crippen LogP contribution in [0.1, 0.15) is 25.3 Å². The first-order chi connectivity index (χ1) is 9.87. The molecule has 1 N–H and O–H groups in total. The van der Waals surface area contributed by atoms with E-state index in [0.29, 0.717) is 25.9 Å². The number of rotatable bonds is 3. The largest absolute Gasteiger partial charge is 0.390 e. The van der Waals surface area contributed by atoms with Gasteiger partial charge in [0.25, 0.3) is 5.69 Å². The maximum absolute atomic E-state index is 12.0. The van der Waals surface area contributed by atoms with Gasteiger partial charge in [-0.15, -0.1) is 0 Å². The smallest absolute Gasteiger partial charge is 0.269 e. The first-order valence-electron chi connectivity index (χ1n) is 6.81. The molecule has 6 nitrogen and oxygen atoms in total. The summed E-state index contributed by atoms with van der Waals surface area (Å²) in [5.41, 5.74) is 0.0773. The molecule has 21 heavy (non-hydrogen) atoms. The van der Waals surface area contributed by atoms with Crippen molar-refractivity contribution in [2.45, 2.75) is 25.4 Å². The Balaban J connectivity index is 1.94. The standard InChI is InChI=1S/C15H18N2O4/c1-15(19)8-10-16(11-9-15)14(18)7-4-12-2-5-13(6-3-12)17(20)21/h2-7,19H,8-11H2,1H3/b7-4+. The molecule has 0 aliphatic carbocycles. The normalized spacial score (nSPS) is 17.9. The molecule has 1 aliphatic heterocycles. The molecule has 0 spiro atoms. The van der Waals surface area contributed by atoms with E-state index < -0.39 is 10.5 Å². The first kappa shape index (κ1) is 15.2. The summed E-state index contributed by atoms with van der Waals surface area (Å²) >= 11 is 0. The zero-order valence-corrected chi connectivity index (χ0v) is 11.9. The monoisotopic (exact) mass is 290 g/mol. The van der Waals surface area contributed by atoms with Crippen molar-refractivity contribution in [3.05, 3.63) is 46.0 Å². The average Bonchev–Trinajstić information content (AvgIpc) is 2.45.